The summed E-state index contributed by atoms with van der Waals surface area (Å²) in [7, 11) is 0. The number of carbonyl (C=O) groups excluding carboxylic acids is 1. The number of piperidine rings is 1. The number of carbonyl (C=O) groups is 1. The number of nitrogens with zero attached hydrogens (tertiary/aromatic N) is 2. The van der Waals surface area contributed by atoms with Crippen LogP contribution in [0.4, 0.5) is 5.69 Å². The van der Waals surface area contributed by atoms with Gasteiger partial charge in [-0.1, -0.05) is 11.6 Å². The van der Waals surface area contributed by atoms with E-state index in [-0.39, 0.29) is 27.1 Å². The number of ether oxygens (including phenoxy) is 1. The number of amides is 1. The van der Waals surface area contributed by atoms with Gasteiger partial charge >= 0.3 is 0 Å². The SMILES string of the molecule is O=C(c1cc([N+](=O)[O-])ccc1Cl)N1CCC2(CC1)OCCS2. The van der Waals surface area contributed by atoms with E-state index in [2.05, 4.69) is 0 Å². The molecule has 3 rings (SSSR count). The highest BCUT2D eigenvalue weighted by Crippen LogP contribution is 2.41. The first kappa shape index (κ1) is 15.6. The maximum atomic E-state index is 12.6. The molecule has 2 aliphatic heterocycles. The largest absolute Gasteiger partial charge is 0.363 e. The topological polar surface area (TPSA) is 72.7 Å². The molecule has 0 aliphatic carbocycles. The molecule has 0 unspecified atom stereocenters. The number of hydrogen-bond acceptors (Lipinski definition) is 5. The third kappa shape index (κ3) is 2.93. The summed E-state index contributed by atoms with van der Waals surface area (Å²) < 4.78 is 5.80. The van der Waals surface area contributed by atoms with Crippen molar-refractivity contribution in [2.24, 2.45) is 0 Å². The standard InChI is InChI=1S/C14H15ClN2O4S/c15-12-2-1-10(17(19)20)9-11(12)13(18)16-5-3-14(4-6-16)21-7-8-22-14/h1-2,9H,3-8H2. The van der Waals surface area contributed by atoms with Gasteiger partial charge in [0.2, 0.25) is 0 Å². The first-order valence-electron chi connectivity index (χ1n) is 7.02. The summed E-state index contributed by atoms with van der Waals surface area (Å²) in [5, 5.41) is 11.1. The van der Waals surface area contributed by atoms with Gasteiger partial charge in [0.1, 0.15) is 4.93 Å². The minimum Gasteiger partial charge on any atom is -0.363 e. The van der Waals surface area contributed by atoms with Crippen molar-refractivity contribution in [3.8, 4) is 0 Å². The van der Waals surface area contributed by atoms with Gasteiger partial charge in [-0.3, -0.25) is 14.9 Å². The van der Waals surface area contributed by atoms with Crippen LogP contribution < -0.4 is 0 Å². The van der Waals surface area contributed by atoms with E-state index < -0.39 is 4.92 Å². The molecule has 1 amide bonds. The average Bonchev–Trinajstić information content (AvgIpc) is 2.96. The van der Waals surface area contributed by atoms with Gasteiger partial charge in [-0.05, 0) is 6.07 Å². The number of nitro groups is 1. The van der Waals surface area contributed by atoms with Gasteiger partial charge in [-0.15, -0.1) is 11.8 Å². The molecule has 118 valence electrons. The lowest BCUT2D eigenvalue weighted by Gasteiger charge is -2.37. The van der Waals surface area contributed by atoms with E-state index in [9.17, 15) is 14.9 Å². The summed E-state index contributed by atoms with van der Waals surface area (Å²) in [5.74, 6) is 0.733. The van der Waals surface area contributed by atoms with Gasteiger partial charge < -0.3 is 9.64 Å². The zero-order valence-corrected chi connectivity index (χ0v) is 13.4. The molecule has 2 heterocycles. The Hall–Kier alpha value is -1.31. The maximum absolute atomic E-state index is 12.6. The van der Waals surface area contributed by atoms with Gasteiger partial charge in [0, 0.05) is 43.8 Å². The predicted octanol–water partition coefficient (Wildman–Crippen LogP) is 2.94. The van der Waals surface area contributed by atoms with Crippen LogP contribution in [0.5, 0.6) is 0 Å². The van der Waals surface area contributed by atoms with Crippen molar-refractivity contribution in [2.75, 3.05) is 25.4 Å². The number of halogens is 1. The normalized spacial score (nSPS) is 20.3. The third-order valence-electron chi connectivity index (χ3n) is 4.02. The molecule has 22 heavy (non-hydrogen) atoms. The van der Waals surface area contributed by atoms with Gasteiger partial charge in [-0.25, -0.2) is 0 Å². The molecule has 0 N–H and O–H groups in total. The predicted molar refractivity (Wildman–Crippen MR) is 84.4 cm³/mol. The van der Waals surface area contributed by atoms with Crippen molar-refractivity contribution in [3.63, 3.8) is 0 Å². The first-order valence-corrected chi connectivity index (χ1v) is 8.38. The minimum atomic E-state index is -0.526. The third-order valence-corrected chi connectivity index (χ3v) is 5.77. The summed E-state index contributed by atoms with van der Waals surface area (Å²) in [6.07, 6.45) is 1.55. The van der Waals surface area contributed by atoms with Crippen LogP contribution in [0.15, 0.2) is 18.2 Å². The second-order valence-electron chi connectivity index (χ2n) is 5.32. The van der Waals surface area contributed by atoms with Gasteiger partial charge in [0.15, 0.2) is 0 Å². The molecular weight excluding hydrogens is 328 g/mol. The van der Waals surface area contributed by atoms with Crippen molar-refractivity contribution >= 4 is 35.0 Å². The monoisotopic (exact) mass is 342 g/mol. The number of nitro benzene ring substituents is 1. The van der Waals surface area contributed by atoms with Gasteiger partial charge in [0.05, 0.1) is 22.1 Å². The van der Waals surface area contributed by atoms with Crippen LogP contribution in [0.2, 0.25) is 5.02 Å². The second kappa shape index (κ2) is 6.06. The van der Waals surface area contributed by atoms with E-state index in [0.29, 0.717) is 13.1 Å². The fourth-order valence-corrected chi connectivity index (χ4v) is 4.17. The van der Waals surface area contributed by atoms with Crippen LogP contribution in [0.1, 0.15) is 23.2 Å². The maximum Gasteiger partial charge on any atom is 0.270 e. The van der Waals surface area contributed by atoms with Crippen LogP contribution in [0.25, 0.3) is 0 Å². The smallest absolute Gasteiger partial charge is 0.270 e. The minimum absolute atomic E-state index is 0.129. The Kier molecular flexibility index (Phi) is 4.29. The Labute approximate surface area is 136 Å². The summed E-state index contributed by atoms with van der Waals surface area (Å²) in [6.45, 7) is 1.91. The Morgan fingerprint density at radius 1 is 1.41 bits per heavy atom. The van der Waals surface area contributed by atoms with Crippen molar-refractivity contribution in [1.29, 1.82) is 0 Å². The van der Waals surface area contributed by atoms with Crippen molar-refractivity contribution in [1.82, 2.24) is 4.90 Å². The van der Waals surface area contributed by atoms with Crippen molar-refractivity contribution in [2.45, 2.75) is 17.8 Å². The molecule has 6 nitrogen and oxygen atoms in total. The molecule has 1 aromatic carbocycles. The summed E-state index contributed by atoms with van der Waals surface area (Å²) >= 11 is 7.85. The lowest BCUT2D eigenvalue weighted by Crippen LogP contribution is -2.45. The molecule has 2 aliphatic rings. The molecule has 2 saturated heterocycles. The van der Waals surface area contributed by atoms with Gasteiger partial charge in [-0.2, -0.15) is 0 Å². The fraction of sp³-hybridized carbons (Fsp3) is 0.500. The van der Waals surface area contributed by atoms with Crippen LogP contribution in [0.3, 0.4) is 0 Å². The molecule has 2 fully saturated rings. The Morgan fingerprint density at radius 2 is 2.14 bits per heavy atom. The lowest BCUT2D eigenvalue weighted by atomic mass is 10.1. The number of likely N-dealkylation sites (tertiary alicyclic amines) is 1. The number of hydrogen-bond donors (Lipinski definition) is 0. The number of non-ortho nitro benzene ring substituents is 1. The first-order chi connectivity index (χ1) is 10.5. The van der Waals surface area contributed by atoms with Crippen molar-refractivity contribution < 1.29 is 14.5 Å². The van der Waals surface area contributed by atoms with Crippen LogP contribution in [-0.2, 0) is 4.74 Å². The molecule has 0 radical (unpaired) electrons. The molecule has 0 saturated carbocycles. The van der Waals surface area contributed by atoms with Gasteiger partial charge in [0.25, 0.3) is 11.6 Å². The molecule has 0 bridgehead atoms. The van der Waals surface area contributed by atoms with Crippen LogP contribution >= 0.6 is 23.4 Å². The fourth-order valence-electron chi connectivity index (χ4n) is 2.80. The number of benzene rings is 1. The Morgan fingerprint density at radius 3 is 2.73 bits per heavy atom. The van der Waals surface area contributed by atoms with Crippen LogP contribution in [-0.4, -0.2) is 46.1 Å². The Bertz CT molecular complexity index is 609. The number of rotatable bonds is 2. The zero-order chi connectivity index (χ0) is 15.7. The summed E-state index contributed by atoms with van der Waals surface area (Å²) in [5.41, 5.74) is 0.0581. The van der Waals surface area contributed by atoms with E-state index >= 15 is 0 Å². The average molecular weight is 343 g/mol. The van der Waals surface area contributed by atoms with Crippen LogP contribution in [0, 0.1) is 10.1 Å². The molecule has 0 atom stereocenters. The number of thioether (sulfide) groups is 1. The highest BCUT2D eigenvalue weighted by molar-refractivity contribution is 8.00. The molecule has 0 aromatic heterocycles. The zero-order valence-electron chi connectivity index (χ0n) is 11.8. The molecule has 1 spiro atoms. The second-order valence-corrected chi connectivity index (χ2v) is 7.17. The molecule has 8 heteroatoms. The van der Waals surface area contributed by atoms with E-state index in [0.717, 1.165) is 25.2 Å². The highest BCUT2D eigenvalue weighted by Gasteiger charge is 2.40. The van der Waals surface area contributed by atoms with Crippen molar-refractivity contribution in [3.05, 3.63) is 38.9 Å². The van der Waals surface area contributed by atoms with E-state index in [4.69, 9.17) is 16.3 Å². The molecule has 1 aromatic rings. The van der Waals surface area contributed by atoms with E-state index in [1.54, 1.807) is 4.90 Å². The lowest BCUT2D eigenvalue weighted by molar-refractivity contribution is -0.384. The summed E-state index contributed by atoms with van der Waals surface area (Å²) in [4.78, 5) is 24.4. The quantitative estimate of drug-likeness (QED) is 0.610. The Balaban J connectivity index is 1.75. The molecular formula is C14H15ClN2O4S. The van der Waals surface area contributed by atoms with E-state index in [1.165, 1.54) is 18.2 Å². The van der Waals surface area contributed by atoms with E-state index in [1.807, 2.05) is 11.8 Å². The summed E-state index contributed by atoms with van der Waals surface area (Å²) in [6, 6.07) is 3.94. The highest BCUT2D eigenvalue weighted by atomic mass is 35.5.